The number of carbonyl (C=O) groups is 1. The highest BCUT2D eigenvalue weighted by molar-refractivity contribution is 6.33. The van der Waals surface area contributed by atoms with Crippen LogP contribution in [-0.2, 0) is 11.2 Å². The summed E-state index contributed by atoms with van der Waals surface area (Å²) in [6.07, 6.45) is 5.09. The molecule has 2 aromatic heterocycles. The molecule has 4 aliphatic rings. The number of nitrogens with one attached hydrogen (secondary N) is 2. The lowest BCUT2D eigenvalue weighted by atomic mass is 9.71. The molecular formula is C28H29ClFN5O4. The first-order valence-corrected chi connectivity index (χ1v) is 13.5. The minimum atomic E-state index is -0.622. The number of benzene rings is 1. The molecule has 1 saturated carbocycles. The molecule has 3 aliphatic heterocycles. The molecule has 3 aromatic rings. The number of hydrogen-bond donors (Lipinski definition) is 2. The number of anilines is 1. The number of halogens is 2. The number of nitrogens with zero attached hydrogens (tertiary/aromatic N) is 3. The van der Waals surface area contributed by atoms with Gasteiger partial charge in [0.15, 0.2) is 0 Å². The van der Waals surface area contributed by atoms with Crippen molar-refractivity contribution in [3.8, 4) is 17.0 Å². The number of urea groups is 1. The molecule has 2 bridgehead atoms. The fourth-order valence-electron chi connectivity index (χ4n) is 5.98. The topological polar surface area (TPSA) is 109 Å². The molecule has 2 amide bonds. The van der Waals surface area contributed by atoms with E-state index in [0.717, 1.165) is 25.0 Å². The number of H-pyrrole nitrogens is 1. The summed E-state index contributed by atoms with van der Waals surface area (Å²) in [6.45, 7) is 5.12. The van der Waals surface area contributed by atoms with Gasteiger partial charge in [-0.3, -0.25) is 4.79 Å². The van der Waals surface area contributed by atoms with E-state index < -0.39 is 11.8 Å². The molecular weight excluding hydrogens is 525 g/mol. The van der Waals surface area contributed by atoms with Crippen molar-refractivity contribution < 1.29 is 18.7 Å². The zero-order valence-electron chi connectivity index (χ0n) is 21.7. The van der Waals surface area contributed by atoms with Crippen molar-refractivity contribution in [1.82, 2.24) is 20.1 Å². The summed E-state index contributed by atoms with van der Waals surface area (Å²) in [6, 6.07) is 6.68. The van der Waals surface area contributed by atoms with Crippen LogP contribution >= 0.6 is 11.6 Å². The predicted octanol–water partition coefficient (Wildman–Crippen LogP) is 5.11. The molecule has 9 nitrogen and oxygen atoms in total. The van der Waals surface area contributed by atoms with Gasteiger partial charge in [-0.05, 0) is 56.4 Å². The monoisotopic (exact) mass is 553 g/mol. The SMILES string of the molecule is CCC1c2n[nH]c(=O)cc2C[C@H](C)N1C(=O)Nc1cc(Cl)c(-c2ccc(OCC34COC(C3)C4)nc2)cc1F. The summed E-state index contributed by atoms with van der Waals surface area (Å²) >= 11 is 6.53. The van der Waals surface area contributed by atoms with Gasteiger partial charge >= 0.3 is 6.03 Å². The second-order valence-electron chi connectivity index (χ2n) is 10.8. The van der Waals surface area contributed by atoms with Gasteiger partial charge in [0, 0.05) is 40.9 Å². The van der Waals surface area contributed by atoms with Gasteiger partial charge in [0.2, 0.25) is 5.88 Å². The van der Waals surface area contributed by atoms with E-state index in [1.54, 1.807) is 23.2 Å². The standard InChI is InChI=1S/C28H29ClFN5O4/c1-3-23-26-17(7-24(36)33-34-26)6-15(2)35(23)27(37)32-22-9-20(29)19(8-21(22)30)16-4-5-25(31-12-16)39-14-28-10-18(11-28)38-13-28/h4-5,7-9,12,15,18,23H,3,6,10-11,13-14H2,1-2H3,(H,32,37)(H,33,36)/t15-,18?,23?,28?/m0/s1. The quantitative estimate of drug-likeness (QED) is 0.439. The number of fused-ring (bicyclic) bond motifs is 2. The van der Waals surface area contributed by atoms with E-state index in [1.807, 2.05) is 13.8 Å². The Kier molecular flexibility index (Phi) is 6.55. The molecule has 7 rings (SSSR count). The van der Waals surface area contributed by atoms with Crippen molar-refractivity contribution in [1.29, 1.82) is 0 Å². The maximum absolute atomic E-state index is 15.2. The Morgan fingerprint density at radius 1 is 1.33 bits per heavy atom. The summed E-state index contributed by atoms with van der Waals surface area (Å²) in [7, 11) is 0. The average Bonchev–Trinajstić information content (AvgIpc) is 3.50. The van der Waals surface area contributed by atoms with E-state index in [9.17, 15) is 9.59 Å². The third-order valence-electron chi connectivity index (χ3n) is 8.00. The first kappa shape index (κ1) is 25.8. The Bertz CT molecular complexity index is 1470. The Labute approximate surface area is 229 Å². The highest BCUT2D eigenvalue weighted by Gasteiger charge is 2.52. The summed E-state index contributed by atoms with van der Waals surface area (Å²) in [5.74, 6) is -0.131. The maximum Gasteiger partial charge on any atom is 0.322 e. The molecule has 2 atom stereocenters. The van der Waals surface area contributed by atoms with Crippen molar-refractivity contribution in [2.45, 2.75) is 57.7 Å². The highest BCUT2D eigenvalue weighted by atomic mass is 35.5. The molecule has 2 saturated heterocycles. The lowest BCUT2D eigenvalue weighted by Gasteiger charge is -2.40. The Morgan fingerprint density at radius 3 is 2.85 bits per heavy atom. The summed E-state index contributed by atoms with van der Waals surface area (Å²) in [5.41, 5.74) is 2.35. The van der Waals surface area contributed by atoms with Gasteiger partial charge in [0.1, 0.15) is 5.82 Å². The molecule has 5 heterocycles. The van der Waals surface area contributed by atoms with Crippen LogP contribution in [0.4, 0.5) is 14.9 Å². The highest BCUT2D eigenvalue weighted by Crippen LogP contribution is 2.50. The molecule has 1 aromatic carbocycles. The molecule has 0 spiro atoms. The fourth-order valence-corrected chi connectivity index (χ4v) is 6.26. The lowest BCUT2D eigenvalue weighted by molar-refractivity contribution is 0.0804. The Balaban J connectivity index is 1.16. The molecule has 0 radical (unpaired) electrons. The Morgan fingerprint density at radius 2 is 2.15 bits per heavy atom. The number of pyridine rings is 1. The normalized spacial score (nSPS) is 25.1. The van der Waals surface area contributed by atoms with E-state index in [4.69, 9.17) is 21.1 Å². The average molecular weight is 554 g/mol. The predicted molar refractivity (Wildman–Crippen MR) is 143 cm³/mol. The van der Waals surface area contributed by atoms with Crippen LogP contribution in [0.25, 0.3) is 11.1 Å². The molecule has 1 aliphatic carbocycles. The second kappa shape index (κ2) is 9.91. The van der Waals surface area contributed by atoms with Gasteiger partial charge in [-0.25, -0.2) is 19.3 Å². The van der Waals surface area contributed by atoms with Crippen LogP contribution in [0.15, 0.2) is 41.3 Å². The lowest BCUT2D eigenvalue weighted by Crippen LogP contribution is -2.48. The third-order valence-corrected chi connectivity index (χ3v) is 8.31. The summed E-state index contributed by atoms with van der Waals surface area (Å²) in [4.78, 5) is 31.1. The van der Waals surface area contributed by atoms with E-state index in [-0.39, 0.29) is 33.8 Å². The molecule has 39 heavy (non-hydrogen) atoms. The van der Waals surface area contributed by atoms with Gasteiger partial charge in [-0.2, -0.15) is 5.10 Å². The van der Waals surface area contributed by atoms with E-state index in [0.29, 0.717) is 48.3 Å². The van der Waals surface area contributed by atoms with Crippen LogP contribution in [0.5, 0.6) is 5.88 Å². The second-order valence-corrected chi connectivity index (χ2v) is 11.2. The zero-order chi connectivity index (χ0) is 27.3. The van der Waals surface area contributed by atoms with Crippen molar-refractivity contribution in [3.05, 3.63) is 69.0 Å². The molecule has 2 N–H and O–H groups in total. The number of aromatic amines is 1. The van der Waals surface area contributed by atoms with E-state index >= 15 is 4.39 Å². The summed E-state index contributed by atoms with van der Waals surface area (Å²) in [5, 5.41) is 9.59. The van der Waals surface area contributed by atoms with Gasteiger partial charge < -0.3 is 19.7 Å². The van der Waals surface area contributed by atoms with Crippen LogP contribution < -0.4 is 15.6 Å². The van der Waals surface area contributed by atoms with Crippen LogP contribution in [0.2, 0.25) is 5.02 Å². The minimum Gasteiger partial charge on any atom is -0.477 e. The van der Waals surface area contributed by atoms with Crippen LogP contribution in [0.3, 0.4) is 0 Å². The number of rotatable bonds is 6. The van der Waals surface area contributed by atoms with Crippen LogP contribution in [-0.4, -0.2) is 51.5 Å². The maximum atomic E-state index is 15.2. The van der Waals surface area contributed by atoms with Crippen molar-refractivity contribution in [2.75, 3.05) is 18.5 Å². The third kappa shape index (κ3) is 4.76. The zero-order valence-corrected chi connectivity index (χ0v) is 22.4. The summed E-state index contributed by atoms with van der Waals surface area (Å²) < 4.78 is 26.7. The first-order valence-electron chi connectivity index (χ1n) is 13.1. The van der Waals surface area contributed by atoms with Gasteiger partial charge in [0.25, 0.3) is 5.56 Å². The number of amides is 2. The van der Waals surface area contributed by atoms with Gasteiger partial charge in [-0.15, -0.1) is 0 Å². The molecule has 1 unspecified atom stereocenters. The van der Waals surface area contributed by atoms with E-state index in [1.165, 1.54) is 18.2 Å². The first-order chi connectivity index (χ1) is 18.7. The Hall–Kier alpha value is -3.50. The van der Waals surface area contributed by atoms with Crippen molar-refractivity contribution in [2.24, 2.45) is 5.41 Å². The number of hydrogen-bond acceptors (Lipinski definition) is 6. The minimum absolute atomic E-state index is 0.0271. The van der Waals surface area contributed by atoms with Crippen LogP contribution in [0.1, 0.15) is 50.4 Å². The van der Waals surface area contributed by atoms with Crippen LogP contribution in [0, 0.1) is 11.2 Å². The molecule has 204 valence electrons. The van der Waals surface area contributed by atoms with Crippen molar-refractivity contribution >= 4 is 23.3 Å². The number of aromatic nitrogens is 3. The molecule has 11 heteroatoms. The molecule has 3 fully saturated rings. The van der Waals surface area contributed by atoms with Crippen molar-refractivity contribution in [3.63, 3.8) is 0 Å². The van der Waals surface area contributed by atoms with E-state index in [2.05, 4.69) is 20.5 Å². The number of ether oxygens (including phenoxy) is 2. The largest absolute Gasteiger partial charge is 0.477 e. The fraction of sp³-hybridized carbons (Fsp3) is 0.429. The smallest absolute Gasteiger partial charge is 0.322 e. The van der Waals surface area contributed by atoms with Gasteiger partial charge in [0.05, 0.1) is 41.8 Å². The van der Waals surface area contributed by atoms with Gasteiger partial charge in [-0.1, -0.05) is 18.5 Å². The number of carbonyl (C=O) groups excluding carboxylic acids is 1.